The number of phenols is 2. The topological polar surface area (TPSA) is 189 Å². The molecular weight excluding hydrogens is 468 g/mol. The van der Waals surface area contributed by atoms with Gasteiger partial charge in [0.1, 0.15) is 52.6 Å². The summed E-state index contributed by atoms with van der Waals surface area (Å²) in [5.41, 5.74) is -0.336. The molecule has 0 bridgehead atoms. The summed E-state index contributed by atoms with van der Waals surface area (Å²) >= 11 is 0. The Hall–Kier alpha value is -3.55. The number of benzene rings is 2. The Balaban J connectivity index is 1.75. The van der Waals surface area contributed by atoms with E-state index in [1.165, 1.54) is 32.4 Å². The smallest absolute Gasteiger partial charge is 0.229 e. The van der Waals surface area contributed by atoms with Crippen LogP contribution in [0.25, 0.3) is 22.3 Å². The van der Waals surface area contributed by atoms with Crippen molar-refractivity contribution < 1.29 is 54.0 Å². The van der Waals surface area contributed by atoms with Gasteiger partial charge in [0.25, 0.3) is 0 Å². The number of hydrogen-bond donors (Lipinski definition) is 6. The van der Waals surface area contributed by atoms with E-state index in [2.05, 4.69) is 0 Å². The van der Waals surface area contributed by atoms with Crippen molar-refractivity contribution in [3.63, 3.8) is 0 Å². The van der Waals surface area contributed by atoms with Gasteiger partial charge in [-0.3, -0.25) is 4.79 Å². The van der Waals surface area contributed by atoms with Crippen LogP contribution >= 0.6 is 0 Å². The van der Waals surface area contributed by atoms with Crippen molar-refractivity contribution in [3.05, 3.63) is 40.6 Å². The van der Waals surface area contributed by atoms with Crippen LogP contribution in [0.15, 0.2) is 39.5 Å². The van der Waals surface area contributed by atoms with E-state index in [0.29, 0.717) is 5.56 Å². The molecule has 1 aromatic heterocycles. The predicted molar refractivity (Wildman–Crippen MR) is 119 cm³/mol. The Morgan fingerprint density at radius 1 is 0.914 bits per heavy atom. The van der Waals surface area contributed by atoms with E-state index >= 15 is 0 Å². The molecule has 5 atom stereocenters. The second kappa shape index (κ2) is 9.60. The van der Waals surface area contributed by atoms with Crippen LogP contribution < -0.4 is 19.6 Å². The van der Waals surface area contributed by atoms with E-state index in [1.54, 1.807) is 0 Å². The maximum absolute atomic E-state index is 12.8. The van der Waals surface area contributed by atoms with Gasteiger partial charge in [0, 0.05) is 23.8 Å². The van der Waals surface area contributed by atoms with Crippen molar-refractivity contribution >= 4 is 11.0 Å². The molecule has 1 fully saturated rings. The number of aliphatic hydroxyl groups is 4. The van der Waals surface area contributed by atoms with Crippen LogP contribution in [-0.4, -0.2) is 82.2 Å². The van der Waals surface area contributed by atoms with Gasteiger partial charge in [-0.05, 0) is 12.1 Å². The van der Waals surface area contributed by atoms with Gasteiger partial charge in [-0.15, -0.1) is 0 Å². The molecule has 12 heteroatoms. The van der Waals surface area contributed by atoms with Crippen molar-refractivity contribution in [2.75, 3.05) is 20.8 Å². The van der Waals surface area contributed by atoms with Crippen molar-refractivity contribution in [2.24, 2.45) is 0 Å². The number of ether oxygens (including phenoxy) is 4. The van der Waals surface area contributed by atoms with E-state index < -0.39 is 48.5 Å². The number of aromatic hydroxyl groups is 2. The molecule has 1 saturated heterocycles. The third-order valence-corrected chi connectivity index (χ3v) is 5.65. The summed E-state index contributed by atoms with van der Waals surface area (Å²) in [6, 6.07) is 6.35. The van der Waals surface area contributed by atoms with Gasteiger partial charge in [0.2, 0.25) is 12.0 Å². The zero-order valence-electron chi connectivity index (χ0n) is 18.6. The first kappa shape index (κ1) is 24.6. The number of fused-ring (bicyclic) bond motifs is 1. The fraction of sp³-hybridized carbons (Fsp3) is 0.348. The lowest BCUT2D eigenvalue weighted by Crippen LogP contribution is -2.60. The highest BCUT2D eigenvalue weighted by atomic mass is 16.7. The van der Waals surface area contributed by atoms with Crippen LogP contribution in [0.1, 0.15) is 0 Å². The Kier molecular flexibility index (Phi) is 6.74. The second-order valence-corrected chi connectivity index (χ2v) is 7.83. The number of aliphatic hydroxyl groups excluding tert-OH is 4. The molecule has 2 aromatic carbocycles. The zero-order valence-corrected chi connectivity index (χ0v) is 18.6. The monoisotopic (exact) mass is 492 g/mol. The largest absolute Gasteiger partial charge is 0.507 e. The highest BCUT2D eigenvalue weighted by molar-refractivity contribution is 5.86. The average Bonchev–Trinajstić information content (AvgIpc) is 2.84. The molecule has 6 N–H and O–H groups in total. The highest BCUT2D eigenvalue weighted by Gasteiger charge is 2.44. The molecule has 3 aromatic rings. The van der Waals surface area contributed by atoms with Crippen LogP contribution in [0, 0.1) is 0 Å². The summed E-state index contributed by atoms with van der Waals surface area (Å²) in [5.74, 6) is -0.615. The minimum atomic E-state index is -1.68. The van der Waals surface area contributed by atoms with Crippen LogP contribution in [0.4, 0.5) is 0 Å². The Morgan fingerprint density at radius 2 is 1.57 bits per heavy atom. The maximum atomic E-state index is 12.8. The molecule has 0 unspecified atom stereocenters. The van der Waals surface area contributed by atoms with Crippen LogP contribution in [-0.2, 0) is 4.74 Å². The molecule has 12 nitrogen and oxygen atoms in total. The molecule has 2 heterocycles. The minimum absolute atomic E-state index is 0.0588. The van der Waals surface area contributed by atoms with Gasteiger partial charge in [-0.1, -0.05) is 0 Å². The SMILES string of the molecule is COc1cc(-c2cc(=O)c3c(O)cc(O[C@H]4O[C@@H](CO)[C@H](O)[C@@H](O)[C@@H]4O)cc3o2)cc(OC)c1O. The summed E-state index contributed by atoms with van der Waals surface area (Å²) in [6.07, 6.45) is -7.62. The van der Waals surface area contributed by atoms with Crippen LogP contribution in [0.5, 0.6) is 28.7 Å². The number of methoxy groups -OCH3 is 2. The van der Waals surface area contributed by atoms with Crippen molar-refractivity contribution in [1.29, 1.82) is 0 Å². The summed E-state index contributed by atoms with van der Waals surface area (Å²) in [4.78, 5) is 12.8. The molecule has 0 aliphatic carbocycles. The van der Waals surface area contributed by atoms with Crippen molar-refractivity contribution in [3.8, 4) is 40.1 Å². The van der Waals surface area contributed by atoms with E-state index in [9.17, 15) is 35.4 Å². The van der Waals surface area contributed by atoms with Gasteiger partial charge < -0.3 is 54.0 Å². The molecule has 0 saturated carbocycles. The molecule has 1 aliphatic heterocycles. The van der Waals surface area contributed by atoms with Gasteiger partial charge in [-0.25, -0.2) is 0 Å². The lowest BCUT2D eigenvalue weighted by atomic mass is 9.99. The minimum Gasteiger partial charge on any atom is -0.507 e. The van der Waals surface area contributed by atoms with Crippen LogP contribution in [0.3, 0.4) is 0 Å². The normalized spacial score (nSPS) is 24.3. The first-order valence-corrected chi connectivity index (χ1v) is 10.4. The maximum Gasteiger partial charge on any atom is 0.229 e. The number of hydrogen-bond acceptors (Lipinski definition) is 12. The van der Waals surface area contributed by atoms with E-state index in [0.717, 1.165) is 12.1 Å². The zero-order chi connectivity index (χ0) is 25.4. The van der Waals surface area contributed by atoms with Crippen molar-refractivity contribution in [1.82, 2.24) is 0 Å². The third kappa shape index (κ3) is 4.45. The first-order valence-electron chi connectivity index (χ1n) is 10.4. The number of rotatable bonds is 6. The quantitative estimate of drug-likeness (QED) is 0.272. The molecule has 0 spiro atoms. The highest BCUT2D eigenvalue weighted by Crippen LogP contribution is 2.41. The molecule has 35 heavy (non-hydrogen) atoms. The summed E-state index contributed by atoms with van der Waals surface area (Å²) < 4.78 is 26.9. The van der Waals surface area contributed by atoms with E-state index in [1.807, 2.05) is 0 Å². The lowest BCUT2D eigenvalue weighted by molar-refractivity contribution is -0.277. The van der Waals surface area contributed by atoms with E-state index in [4.69, 9.17) is 23.4 Å². The predicted octanol–water partition coefficient (Wildman–Crippen LogP) is 0.0671. The molecule has 0 radical (unpaired) electrons. The Labute approximate surface area is 197 Å². The van der Waals surface area contributed by atoms with E-state index in [-0.39, 0.29) is 39.7 Å². The average molecular weight is 492 g/mol. The third-order valence-electron chi connectivity index (χ3n) is 5.65. The molecule has 1 aliphatic rings. The molecule has 4 rings (SSSR count). The molecule has 0 amide bonds. The van der Waals surface area contributed by atoms with Crippen LogP contribution in [0.2, 0.25) is 0 Å². The van der Waals surface area contributed by atoms with Crippen molar-refractivity contribution in [2.45, 2.75) is 30.7 Å². The number of phenolic OH excluding ortho intramolecular Hbond substituents is 2. The Bertz CT molecular complexity index is 1260. The molecule has 188 valence electrons. The first-order chi connectivity index (χ1) is 16.7. The molecular formula is C23H24O12. The second-order valence-electron chi connectivity index (χ2n) is 7.83. The summed E-state index contributed by atoms with van der Waals surface area (Å²) in [6.45, 7) is -0.647. The van der Waals surface area contributed by atoms with Gasteiger partial charge >= 0.3 is 0 Å². The van der Waals surface area contributed by atoms with Gasteiger partial charge in [-0.2, -0.15) is 0 Å². The standard InChI is InChI=1S/C23H24O12/c1-31-15-3-9(4-16(32-2)19(15)27)13-7-12(26)18-11(25)5-10(6-14(18)34-13)33-23-22(30)21(29)20(28)17(8-24)35-23/h3-7,17,20-25,27-30H,8H2,1-2H3/t17-,20-,21+,22-,23-/m0/s1. The van der Waals surface area contributed by atoms with Gasteiger partial charge in [0.05, 0.1) is 20.8 Å². The fourth-order valence-corrected chi connectivity index (χ4v) is 3.79. The van der Waals surface area contributed by atoms with Gasteiger partial charge in [0.15, 0.2) is 16.9 Å². The fourth-order valence-electron chi connectivity index (χ4n) is 3.79. The summed E-state index contributed by atoms with van der Waals surface area (Å²) in [5, 5.41) is 59.8. The Morgan fingerprint density at radius 3 is 2.17 bits per heavy atom. The summed E-state index contributed by atoms with van der Waals surface area (Å²) in [7, 11) is 2.69. The lowest BCUT2D eigenvalue weighted by Gasteiger charge is -2.39.